The molecule has 1 aliphatic heterocycles. The first kappa shape index (κ1) is 15.7. The molecule has 0 aliphatic carbocycles. The number of carbonyl (C=O) groups is 1. The van der Waals surface area contributed by atoms with Crippen LogP contribution >= 0.6 is 11.6 Å². The van der Waals surface area contributed by atoms with E-state index in [4.69, 9.17) is 11.6 Å². The van der Waals surface area contributed by atoms with E-state index >= 15 is 0 Å². The Labute approximate surface area is 128 Å². The SMILES string of the molecule is CN1CCCC(CNC(=O)c2cccc(Cl)c2[N+](=O)[O-])C1. The average Bonchev–Trinajstić information content (AvgIpc) is 2.44. The Morgan fingerprint density at radius 1 is 1.57 bits per heavy atom. The van der Waals surface area contributed by atoms with Crippen LogP contribution in [-0.2, 0) is 0 Å². The van der Waals surface area contributed by atoms with Crippen molar-refractivity contribution in [2.45, 2.75) is 12.8 Å². The summed E-state index contributed by atoms with van der Waals surface area (Å²) >= 11 is 5.81. The monoisotopic (exact) mass is 311 g/mol. The summed E-state index contributed by atoms with van der Waals surface area (Å²) in [6, 6.07) is 4.37. The summed E-state index contributed by atoms with van der Waals surface area (Å²) in [5.74, 6) is -0.0663. The minimum atomic E-state index is -0.619. The summed E-state index contributed by atoms with van der Waals surface area (Å²) in [5.41, 5.74) is -0.325. The quantitative estimate of drug-likeness (QED) is 0.684. The summed E-state index contributed by atoms with van der Waals surface area (Å²) in [6.45, 7) is 2.52. The molecule has 1 atom stereocenters. The van der Waals surface area contributed by atoms with Crippen molar-refractivity contribution in [1.82, 2.24) is 10.2 Å². The summed E-state index contributed by atoms with van der Waals surface area (Å²) in [6.07, 6.45) is 2.16. The van der Waals surface area contributed by atoms with Crippen LogP contribution in [0.25, 0.3) is 0 Å². The highest BCUT2D eigenvalue weighted by Gasteiger charge is 2.24. The zero-order valence-corrected chi connectivity index (χ0v) is 12.6. The second-order valence-electron chi connectivity index (χ2n) is 5.37. The minimum absolute atomic E-state index is 0.0108. The van der Waals surface area contributed by atoms with Crippen molar-refractivity contribution < 1.29 is 9.72 Å². The summed E-state index contributed by atoms with van der Waals surface area (Å²) in [5, 5.41) is 13.8. The van der Waals surface area contributed by atoms with E-state index in [1.807, 2.05) is 0 Å². The number of benzene rings is 1. The molecule has 1 N–H and O–H groups in total. The van der Waals surface area contributed by atoms with Gasteiger partial charge in [-0.3, -0.25) is 14.9 Å². The van der Waals surface area contributed by atoms with Crippen LogP contribution in [0.15, 0.2) is 18.2 Å². The number of amides is 1. The van der Waals surface area contributed by atoms with Gasteiger partial charge in [0.05, 0.1) is 4.92 Å². The molecule has 6 nitrogen and oxygen atoms in total. The van der Waals surface area contributed by atoms with Crippen LogP contribution < -0.4 is 5.32 Å². The van der Waals surface area contributed by atoms with Crippen molar-refractivity contribution in [1.29, 1.82) is 0 Å². The first-order valence-corrected chi connectivity index (χ1v) is 7.26. The molecule has 1 aromatic carbocycles. The molecular formula is C14H18ClN3O3. The van der Waals surface area contributed by atoms with Crippen LogP contribution in [0.5, 0.6) is 0 Å². The van der Waals surface area contributed by atoms with E-state index in [1.165, 1.54) is 12.1 Å². The van der Waals surface area contributed by atoms with E-state index in [0.29, 0.717) is 12.5 Å². The summed E-state index contributed by atoms with van der Waals surface area (Å²) in [7, 11) is 2.05. The molecule has 1 aliphatic rings. The number of hydrogen-bond donors (Lipinski definition) is 1. The van der Waals surface area contributed by atoms with Gasteiger partial charge in [-0.15, -0.1) is 0 Å². The van der Waals surface area contributed by atoms with Gasteiger partial charge in [0, 0.05) is 13.1 Å². The highest BCUT2D eigenvalue weighted by molar-refractivity contribution is 6.33. The predicted octanol–water partition coefficient (Wildman–Crippen LogP) is 2.32. The van der Waals surface area contributed by atoms with Gasteiger partial charge in [0.2, 0.25) is 0 Å². The van der Waals surface area contributed by atoms with Crippen LogP contribution in [0.3, 0.4) is 0 Å². The normalized spacial score (nSPS) is 19.2. The lowest BCUT2D eigenvalue weighted by atomic mass is 9.98. The number of nitro benzene ring substituents is 1. The van der Waals surface area contributed by atoms with Gasteiger partial charge in [0.1, 0.15) is 10.6 Å². The number of carbonyl (C=O) groups excluding carboxylic acids is 1. The fourth-order valence-electron chi connectivity index (χ4n) is 2.66. The topological polar surface area (TPSA) is 75.5 Å². The minimum Gasteiger partial charge on any atom is -0.351 e. The van der Waals surface area contributed by atoms with Crippen LogP contribution in [0.4, 0.5) is 5.69 Å². The maximum Gasteiger partial charge on any atom is 0.300 e. The Hall–Kier alpha value is -1.66. The predicted molar refractivity (Wildman–Crippen MR) is 80.7 cm³/mol. The van der Waals surface area contributed by atoms with Crippen molar-refractivity contribution in [3.63, 3.8) is 0 Å². The van der Waals surface area contributed by atoms with Gasteiger partial charge < -0.3 is 10.2 Å². The largest absolute Gasteiger partial charge is 0.351 e. The molecule has 7 heteroatoms. The van der Waals surface area contributed by atoms with E-state index in [0.717, 1.165) is 25.9 Å². The van der Waals surface area contributed by atoms with Gasteiger partial charge in [-0.2, -0.15) is 0 Å². The molecule has 2 rings (SSSR count). The van der Waals surface area contributed by atoms with Crippen LogP contribution in [0.2, 0.25) is 5.02 Å². The molecule has 1 unspecified atom stereocenters. The molecular weight excluding hydrogens is 294 g/mol. The Morgan fingerprint density at radius 3 is 3.00 bits per heavy atom. The summed E-state index contributed by atoms with van der Waals surface area (Å²) < 4.78 is 0. The number of rotatable bonds is 4. The molecule has 0 spiro atoms. The fraction of sp³-hybridized carbons (Fsp3) is 0.500. The van der Waals surface area contributed by atoms with Crippen molar-refractivity contribution >= 4 is 23.2 Å². The molecule has 1 heterocycles. The first-order valence-electron chi connectivity index (χ1n) is 6.88. The Kier molecular flexibility index (Phi) is 5.14. The number of nitrogens with one attached hydrogen (secondary N) is 1. The maximum atomic E-state index is 12.2. The van der Waals surface area contributed by atoms with Crippen LogP contribution in [0.1, 0.15) is 23.2 Å². The lowest BCUT2D eigenvalue weighted by molar-refractivity contribution is -0.385. The highest BCUT2D eigenvalue weighted by Crippen LogP contribution is 2.28. The number of halogens is 1. The van der Waals surface area contributed by atoms with Gasteiger partial charge in [0.15, 0.2) is 0 Å². The van der Waals surface area contributed by atoms with E-state index in [1.54, 1.807) is 6.07 Å². The van der Waals surface area contributed by atoms with Crippen molar-refractivity contribution in [2.75, 3.05) is 26.7 Å². The van der Waals surface area contributed by atoms with Gasteiger partial charge in [-0.05, 0) is 44.5 Å². The average molecular weight is 312 g/mol. The molecule has 114 valence electrons. The Balaban J connectivity index is 2.04. The lowest BCUT2D eigenvalue weighted by Crippen LogP contribution is -2.39. The second-order valence-corrected chi connectivity index (χ2v) is 5.78. The van der Waals surface area contributed by atoms with E-state index < -0.39 is 10.8 Å². The first-order chi connectivity index (χ1) is 9.99. The third kappa shape index (κ3) is 3.92. The van der Waals surface area contributed by atoms with Gasteiger partial charge >= 0.3 is 5.69 Å². The van der Waals surface area contributed by atoms with Crippen molar-refractivity contribution in [2.24, 2.45) is 5.92 Å². The molecule has 1 saturated heterocycles. The fourth-order valence-corrected chi connectivity index (χ4v) is 2.90. The third-order valence-electron chi connectivity index (χ3n) is 3.69. The Morgan fingerprint density at radius 2 is 2.33 bits per heavy atom. The molecule has 21 heavy (non-hydrogen) atoms. The van der Waals surface area contributed by atoms with Crippen molar-refractivity contribution in [3.05, 3.63) is 38.9 Å². The molecule has 0 aromatic heterocycles. The number of hydrogen-bond acceptors (Lipinski definition) is 4. The zero-order chi connectivity index (χ0) is 15.4. The van der Waals surface area contributed by atoms with Gasteiger partial charge in [-0.1, -0.05) is 17.7 Å². The number of nitro groups is 1. The second kappa shape index (κ2) is 6.87. The zero-order valence-electron chi connectivity index (χ0n) is 11.8. The van der Waals surface area contributed by atoms with Crippen molar-refractivity contribution in [3.8, 4) is 0 Å². The third-order valence-corrected chi connectivity index (χ3v) is 3.99. The van der Waals surface area contributed by atoms with Crippen LogP contribution in [0, 0.1) is 16.0 Å². The lowest BCUT2D eigenvalue weighted by Gasteiger charge is -2.29. The van der Waals surface area contributed by atoms with Crippen LogP contribution in [-0.4, -0.2) is 42.4 Å². The van der Waals surface area contributed by atoms with Gasteiger partial charge in [-0.25, -0.2) is 0 Å². The number of piperidine rings is 1. The standard InChI is InChI=1S/C14H18ClN3O3/c1-17-7-3-4-10(9-17)8-16-14(19)11-5-2-6-12(15)13(11)18(20)21/h2,5-6,10H,3-4,7-9H2,1H3,(H,16,19). The molecule has 1 aromatic rings. The Bertz CT molecular complexity index is 550. The molecule has 1 fully saturated rings. The smallest absolute Gasteiger partial charge is 0.300 e. The molecule has 0 saturated carbocycles. The van der Waals surface area contributed by atoms with E-state index in [2.05, 4.69) is 17.3 Å². The molecule has 1 amide bonds. The molecule has 0 radical (unpaired) electrons. The summed E-state index contributed by atoms with van der Waals surface area (Å²) in [4.78, 5) is 24.8. The molecule has 0 bridgehead atoms. The van der Waals surface area contributed by atoms with Gasteiger partial charge in [0.25, 0.3) is 5.91 Å². The van der Waals surface area contributed by atoms with E-state index in [9.17, 15) is 14.9 Å². The van der Waals surface area contributed by atoms with E-state index in [-0.39, 0.29) is 16.3 Å². The number of para-hydroxylation sites is 1. The number of likely N-dealkylation sites (tertiary alicyclic amines) is 1. The highest BCUT2D eigenvalue weighted by atomic mass is 35.5. The number of nitrogens with zero attached hydrogens (tertiary/aromatic N) is 2. The maximum absolute atomic E-state index is 12.2.